The van der Waals surface area contributed by atoms with Crippen LogP contribution in [-0.4, -0.2) is 57.7 Å². The highest BCUT2D eigenvalue weighted by Crippen LogP contribution is 2.37. The molecule has 2 N–H and O–H groups in total. The molecule has 2 unspecified atom stereocenters. The summed E-state index contributed by atoms with van der Waals surface area (Å²) in [5.74, 6) is 0. The molecule has 0 aromatic heterocycles. The van der Waals surface area contributed by atoms with E-state index in [1.54, 1.807) is 12.1 Å². The Morgan fingerprint density at radius 2 is 1.19 bits per heavy atom. The number of rotatable bonds is 4. The third-order valence-corrected chi connectivity index (χ3v) is 5.19. The first-order valence-electron chi connectivity index (χ1n) is 9.72. The number of aliphatic hydroxyl groups is 2. The minimum absolute atomic E-state index is 0.150. The zero-order chi connectivity index (χ0) is 22.8. The number of hydrogen-bond acceptors (Lipinski definition) is 10. The fourth-order valence-electron chi connectivity index (χ4n) is 3.62. The van der Waals surface area contributed by atoms with Crippen molar-refractivity contribution >= 4 is 11.4 Å². The Labute approximate surface area is 181 Å². The first-order valence-corrected chi connectivity index (χ1v) is 9.72. The smallest absolute Gasteiger partial charge is 0.269 e. The molecular weight excluding hydrogens is 428 g/mol. The summed E-state index contributed by atoms with van der Waals surface area (Å²) in [6.45, 7) is -0.543. The van der Waals surface area contributed by atoms with Crippen LogP contribution in [0.5, 0.6) is 0 Å². The predicted octanol–water partition coefficient (Wildman–Crippen LogP) is 1.75. The molecule has 6 atom stereocenters. The topological polar surface area (TPSA) is 164 Å². The molecule has 2 aromatic carbocycles. The Balaban J connectivity index is 1.51. The first-order chi connectivity index (χ1) is 15.3. The molecule has 2 aromatic rings. The largest absolute Gasteiger partial charge is 0.388 e. The maximum atomic E-state index is 11.0. The third-order valence-electron chi connectivity index (χ3n) is 5.19. The lowest BCUT2D eigenvalue weighted by Gasteiger charge is -2.23. The van der Waals surface area contributed by atoms with Crippen molar-refractivity contribution in [2.24, 2.45) is 0 Å². The van der Waals surface area contributed by atoms with Crippen molar-refractivity contribution in [3.8, 4) is 0 Å². The van der Waals surface area contributed by atoms with Gasteiger partial charge in [0.2, 0.25) is 0 Å². The molecular formula is C20H20N2O10. The van der Waals surface area contributed by atoms with Crippen molar-refractivity contribution in [1.29, 1.82) is 0 Å². The standard InChI is InChI=1S/C20H20N2O10/c23-15-9-29-19(11-3-1-5-13(7-11)21(25)26)30-10-16(24)18-17(15)31-20(32-18)12-4-2-6-14(8-12)22(27)28/h1-8,15-20,23-24H,9-10H2/t15-,16+,17-,18-,19?,20?/m1/s1. The number of benzene rings is 2. The summed E-state index contributed by atoms with van der Waals surface area (Å²) >= 11 is 0. The molecule has 2 saturated heterocycles. The maximum Gasteiger partial charge on any atom is 0.269 e. The van der Waals surface area contributed by atoms with Crippen molar-refractivity contribution in [1.82, 2.24) is 0 Å². The summed E-state index contributed by atoms with van der Waals surface area (Å²) in [4.78, 5) is 21.0. The van der Waals surface area contributed by atoms with Gasteiger partial charge >= 0.3 is 0 Å². The second-order valence-electron chi connectivity index (χ2n) is 7.37. The molecule has 0 bridgehead atoms. The fourth-order valence-corrected chi connectivity index (χ4v) is 3.62. The molecule has 0 spiro atoms. The van der Waals surface area contributed by atoms with Gasteiger partial charge in [0, 0.05) is 35.4 Å². The van der Waals surface area contributed by atoms with Crippen LogP contribution < -0.4 is 0 Å². The van der Waals surface area contributed by atoms with Gasteiger partial charge in [0.15, 0.2) is 12.6 Å². The molecule has 0 saturated carbocycles. The molecule has 12 nitrogen and oxygen atoms in total. The van der Waals surface area contributed by atoms with Crippen LogP contribution in [0.2, 0.25) is 0 Å². The van der Waals surface area contributed by atoms with Crippen molar-refractivity contribution < 1.29 is 39.0 Å². The van der Waals surface area contributed by atoms with E-state index in [9.17, 15) is 30.4 Å². The third kappa shape index (κ3) is 4.60. The Bertz CT molecular complexity index is 924. The lowest BCUT2D eigenvalue weighted by Crippen LogP contribution is -2.44. The number of nitro groups is 2. The quantitative estimate of drug-likeness (QED) is 0.520. The lowest BCUT2D eigenvalue weighted by molar-refractivity contribution is -0.385. The van der Waals surface area contributed by atoms with Gasteiger partial charge in [-0.25, -0.2) is 0 Å². The highest BCUT2D eigenvalue weighted by atomic mass is 16.7. The van der Waals surface area contributed by atoms with Crippen LogP contribution in [0, 0.1) is 20.2 Å². The average molecular weight is 448 g/mol. The van der Waals surface area contributed by atoms with E-state index in [-0.39, 0.29) is 24.6 Å². The number of aliphatic hydroxyl groups excluding tert-OH is 2. The minimum Gasteiger partial charge on any atom is -0.388 e. The second kappa shape index (κ2) is 9.24. The van der Waals surface area contributed by atoms with Crippen LogP contribution in [0.1, 0.15) is 23.7 Å². The second-order valence-corrected chi connectivity index (χ2v) is 7.37. The molecule has 0 amide bonds. The van der Waals surface area contributed by atoms with E-state index >= 15 is 0 Å². The van der Waals surface area contributed by atoms with Gasteiger partial charge in [0.05, 0.1) is 23.1 Å². The van der Waals surface area contributed by atoms with Crippen LogP contribution in [0.3, 0.4) is 0 Å². The zero-order valence-corrected chi connectivity index (χ0v) is 16.6. The van der Waals surface area contributed by atoms with Crippen molar-refractivity contribution in [3.05, 3.63) is 79.9 Å². The summed E-state index contributed by atoms with van der Waals surface area (Å²) in [5.41, 5.74) is 0.406. The highest BCUT2D eigenvalue weighted by molar-refractivity contribution is 5.36. The van der Waals surface area contributed by atoms with E-state index < -0.39 is 46.8 Å². The Kier molecular flexibility index (Phi) is 6.41. The number of hydrogen-bond donors (Lipinski definition) is 2. The normalized spacial score (nSPS) is 30.6. The Morgan fingerprint density at radius 1 is 0.750 bits per heavy atom. The first kappa shape index (κ1) is 22.2. The van der Waals surface area contributed by atoms with Gasteiger partial charge in [-0.05, 0) is 0 Å². The van der Waals surface area contributed by atoms with Crippen LogP contribution in [-0.2, 0) is 18.9 Å². The SMILES string of the molecule is O=[N+]([O-])c1cccc(C2OC[C@@H](O)[C@H]3OC(c4cccc([N+](=O)[O-])c4)O[C@@H]3[C@@H](O)CO2)c1. The molecule has 2 heterocycles. The van der Waals surface area contributed by atoms with E-state index in [2.05, 4.69) is 0 Å². The van der Waals surface area contributed by atoms with Gasteiger partial charge in [-0.3, -0.25) is 20.2 Å². The summed E-state index contributed by atoms with van der Waals surface area (Å²) in [6.07, 6.45) is -6.57. The monoisotopic (exact) mass is 448 g/mol. The van der Waals surface area contributed by atoms with E-state index in [0.717, 1.165) is 0 Å². The van der Waals surface area contributed by atoms with Gasteiger partial charge in [0.1, 0.15) is 24.4 Å². The molecule has 2 aliphatic rings. The van der Waals surface area contributed by atoms with Crippen LogP contribution in [0.15, 0.2) is 48.5 Å². The summed E-state index contributed by atoms with van der Waals surface area (Å²) < 4.78 is 22.8. The van der Waals surface area contributed by atoms with Crippen molar-refractivity contribution in [2.45, 2.75) is 37.0 Å². The summed E-state index contributed by atoms with van der Waals surface area (Å²) in [5, 5.41) is 43.3. The molecule has 32 heavy (non-hydrogen) atoms. The van der Waals surface area contributed by atoms with Crippen LogP contribution in [0.25, 0.3) is 0 Å². The Morgan fingerprint density at radius 3 is 1.62 bits per heavy atom. The van der Waals surface area contributed by atoms with Gasteiger partial charge in [-0.1, -0.05) is 24.3 Å². The van der Waals surface area contributed by atoms with Crippen molar-refractivity contribution in [2.75, 3.05) is 13.2 Å². The van der Waals surface area contributed by atoms with Gasteiger partial charge in [-0.15, -0.1) is 0 Å². The number of non-ortho nitro benzene ring substituents is 2. The molecule has 2 aliphatic heterocycles. The predicted molar refractivity (Wildman–Crippen MR) is 105 cm³/mol. The number of fused-ring (bicyclic) bond motifs is 1. The molecule has 4 rings (SSSR count). The van der Waals surface area contributed by atoms with E-state index in [1.165, 1.54) is 36.4 Å². The van der Waals surface area contributed by atoms with Gasteiger partial charge in [-0.2, -0.15) is 0 Å². The van der Waals surface area contributed by atoms with E-state index in [0.29, 0.717) is 11.1 Å². The van der Waals surface area contributed by atoms with Crippen LogP contribution >= 0.6 is 0 Å². The summed E-state index contributed by atoms with van der Waals surface area (Å²) in [6, 6.07) is 11.3. The summed E-state index contributed by atoms with van der Waals surface area (Å²) in [7, 11) is 0. The molecule has 12 heteroatoms. The Hall–Kier alpha value is -3.00. The minimum atomic E-state index is -1.23. The highest BCUT2D eigenvalue weighted by Gasteiger charge is 2.46. The van der Waals surface area contributed by atoms with Gasteiger partial charge < -0.3 is 29.2 Å². The zero-order valence-electron chi connectivity index (χ0n) is 16.6. The number of nitro benzene ring substituents is 2. The number of ether oxygens (including phenoxy) is 4. The van der Waals surface area contributed by atoms with Crippen molar-refractivity contribution in [3.63, 3.8) is 0 Å². The average Bonchev–Trinajstić information content (AvgIpc) is 3.25. The van der Waals surface area contributed by atoms with E-state index in [1.807, 2.05) is 0 Å². The van der Waals surface area contributed by atoms with Crippen LogP contribution in [0.4, 0.5) is 11.4 Å². The lowest BCUT2D eigenvalue weighted by atomic mass is 10.0. The molecule has 170 valence electrons. The van der Waals surface area contributed by atoms with Gasteiger partial charge in [0.25, 0.3) is 11.4 Å². The maximum absolute atomic E-state index is 11.0. The molecule has 2 fully saturated rings. The fraction of sp³-hybridized carbons (Fsp3) is 0.400. The molecule has 0 aliphatic carbocycles. The number of nitrogens with zero attached hydrogens (tertiary/aromatic N) is 2. The molecule has 0 radical (unpaired) electrons. The van der Waals surface area contributed by atoms with E-state index in [4.69, 9.17) is 18.9 Å².